The Morgan fingerprint density at radius 2 is 1.32 bits per heavy atom. The highest BCUT2D eigenvalue weighted by atomic mass is 16.5. The van der Waals surface area contributed by atoms with Crippen molar-refractivity contribution < 1.29 is 52.6 Å². The number of benzene rings is 1. The lowest BCUT2D eigenvalue weighted by Gasteiger charge is -2.41. The third-order valence-electron chi connectivity index (χ3n) is 14.7. The fraction of sp³-hybridized carbons (Fsp3) is 0.638. The van der Waals surface area contributed by atoms with Crippen molar-refractivity contribution in [1.82, 2.24) is 35.1 Å². The lowest BCUT2D eigenvalue weighted by molar-refractivity contribution is -0.158. The number of ether oxygens (including phenoxy) is 2. The fourth-order valence-corrected chi connectivity index (χ4v) is 9.87. The summed E-state index contributed by atoms with van der Waals surface area (Å²) in [6.45, 7) is 15.8. The summed E-state index contributed by atoms with van der Waals surface area (Å²) in [5, 5.41) is 5.55. The molecule has 2 aliphatic heterocycles. The highest BCUT2D eigenvalue weighted by molar-refractivity contribution is 6.00. The van der Waals surface area contributed by atoms with E-state index in [-0.39, 0.29) is 31.4 Å². The molecular formula is C58H90N8O11. The monoisotopic (exact) mass is 1070 g/mol. The Morgan fingerprint density at radius 1 is 0.714 bits per heavy atom. The van der Waals surface area contributed by atoms with Gasteiger partial charge in [0.25, 0.3) is 0 Å². The van der Waals surface area contributed by atoms with Crippen molar-refractivity contribution in [1.29, 1.82) is 0 Å². The van der Waals surface area contributed by atoms with Crippen molar-refractivity contribution in [2.75, 3.05) is 41.8 Å². The van der Waals surface area contributed by atoms with Gasteiger partial charge in [0.05, 0.1) is 18.6 Å². The number of primary amides is 1. The van der Waals surface area contributed by atoms with Crippen LogP contribution >= 0.6 is 0 Å². The third-order valence-corrected chi connectivity index (χ3v) is 14.7. The first-order valence-corrected chi connectivity index (χ1v) is 27.3. The van der Waals surface area contributed by atoms with E-state index in [9.17, 15) is 38.4 Å². The van der Waals surface area contributed by atoms with E-state index in [1.54, 1.807) is 60.8 Å². The topological polar surface area (TPSA) is 238 Å². The molecule has 19 heteroatoms. The van der Waals surface area contributed by atoms with Crippen LogP contribution in [0.4, 0.5) is 0 Å². The molecular weight excluding hydrogens is 985 g/mol. The van der Waals surface area contributed by atoms with Gasteiger partial charge in [-0.15, -0.1) is 0 Å². The average molecular weight is 1080 g/mol. The van der Waals surface area contributed by atoms with Crippen LogP contribution in [0, 0.1) is 17.8 Å². The van der Waals surface area contributed by atoms with Crippen molar-refractivity contribution >= 4 is 53.2 Å². The summed E-state index contributed by atoms with van der Waals surface area (Å²) in [6.07, 6.45) is 13.3. The molecule has 0 aromatic heterocycles. The smallest absolute Gasteiger partial charge is 0.328 e. The SMILES string of the molecule is COC1CC=CC=C(C)C(=O)NC(C(C)C)C(=O)N(C)C(Cc2ccccc2)C(=O)N(C)C(C(C)C)C(=O)N(C)C(C(C)C)C(=O)N2CCCC2C(=O)NC(CC(N)=O)C(=O)N(C)C(C)C(=O)OC(C)CCCC=CCC1. The van der Waals surface area contributed by atoms with Gasteiger partial charge in [-0.25, -0.2) is 4.79 Å². The number of hydrogen-bond acceptors (Lipinski definition) is 11. The van der Waals surface area contributed by atoms with Gasteiger partial charge in [-0.2, -0.15) is 0 Å². The van der Waals surface area contributed by atoms with Crippen LogP contribution < -0.4 is 16.4 Å². The molecule has 0 radical (unpaired) electrons. The number of likely N-dealkylation sites (N-methyl/N-ethyl adjacent to an activating group) is 4. The van der Waals surface area contributed by atoms with Crippen LogP contribution in [0.2, 0.25) is 0 Å². The molecule has 19 nitrogen and oxygen atoms in total. The predicted octanol–water partition coefficient (Wildman–Crippen LogP) is 4.72. The van der Waals surface area contributed by atoms with Gasteiger partial charge in [0, 0.05) is 53.8 Å². The van der Waals surface area contributed by atoms with Gasteiger partial charge >= 0.3 is 5.97 Å². The number of fused-ring (bicyclic) bond motifs is 1. The van der Waals surface area contributed by atoms with E-state index in [0.29, 0.717) is 24.8 Å². The second-order valence-electron chi connectivity index (χ2n) is 21.8. The minimum atomic E-state index is -1.47. The molecule has 1 aromatic carbocycles. The number of cyclic esters (lactones) is 1. The van der Waals surface area contributed by atoms with E-state index in [1.807, 2.05) is 50.3 Å². The summed E-state index contributed by atoms with van der Waals surface area (Å²) in [5.74, 6) is -6.96. The Balaban J connectivity index is 2.09. The summed E-state index contributed by atoms with van der Waals surface area (Å²) in [7, 11) is 7.53. The highest BCUT2D eigenvalue weighted by Gasteiger charge is 2.45. The van der Waals surface area contributed by atoms with Crippen molar-refractivity contribution in [3.63, 3.8) is 0 Å². The zero-order valence-electron chi connectivity index (χ0n) is 48.3. The van der Waals surface area contributed by atoms with Crippen molar-refractivity contribution in [2.45, 2.75) is 181 Å². The van der Waals surface area contributed by atoms with Crippen LogP contribution in [0.3, 0.4) is 0 Å². The minimum absolute atomic E-state index is 0.0776. The number of nitrogens with two attached hydrogens (primary N) is 1. The molecule has 77 heavy (non-hydrogen) atoms. The van der Waals surface area contributed by atoms with Gasteiger partial charge in [0.2, 0.25) is 47.3 Å². The van der Waals surface area contributed by atoms with Crippen molar-refractivity contribution in [3.8, 4) is 0 Å². The Bertz CT molecular complexity index is 2280. The lowest BCUT2D eigenvalue weighted by atomic mass is 9.95. The normalized spacial score (nSPS) is 26.9. The molecule has 0 spiro atoms. The lowest BCUT2D eigenvalue weighted by Crippen LogP contribution is -2.62. The summed E-state index contributed by atoms with van der Waals surface area (Å²) in [5.41, 5.74) is 6.70. The van der Waals surface area contributed by atoms with Crippen LogP contribution in [0.1, 0.15) is 126 Å². The number of esters is 1. The van der Waals surface area contributed by atoms with E-state index in [2.05, 4.69) is 22.8 Å². The van der Waals surface area contributed by atoms with Crippen LogP contribution in [-0.4, -0.2) is 174 Å². The molecule has 8 amide bonds. The molecule has 0 bridgehead atoms. The van der Waals surface area contributed by atoms with Crippen LogP contribution in [0.5, 0.6) is 0 Å². The van der Waals surface area contributed by atoms with Crippen molar-refractivity contribution in [2.24, 2.45) is 23.5 Å². The zero-order valence-corrected chi connectivity index (χ0v) is 48.3. The van der Waals surface area contributed by atoms with Crippen molar-refractivity contribution in [3.05, 3.63) is 71.8 Å². The Morgan fingerprint density at radius 3 is 1.92 bits per heavy atom. The summed E-state index contributed by atoms with van der Waals surface area (Å²) in [6, 6.07) is 1.13. The van der Waals surface area contributed by atoms with E-state index in [0.717, 1.165) is 36.1 Å². The van der Waals surface area contributed by atoms with E-state index in [4.69, 9.17) is 15.2 Å². The number of nitrogens with one attached hydrogen (secondary N) is 2. The molecule has 1 aromatic rings. The molecule has 2 heterocycles. The molecule has 9 atom stereocenters. The van der Waals surface area contributed by atoms with E-state index < -0.39 is 120 Å². The zero-order chi connectivity index (χ0) is 57.8. The largest absolute Gasteiger partial charge is 0.461 e. The number of rotatable bonds is 8. The molecule has 1 fully saturated rings. The first-order valence-electron chi connectivity index (χ1n) is 27.3. The molecule has 428 valence electrons. The summed E-state index contributed by atoms with van der Waals surface area (Å²) >= 11 is 0. The van der Waals surface area contributed by atoms with Gasteiger partial charge in [0.1, 0.15) is 42.3 Å². The molecule has 0 saturated carbocycles. The van der Waals surface area contributed by atoms with Gasteiger partial charge in [-0.05, 0) is 95.5 Å². The van der Waals surface area contributed by atoms with Crippen LogP contribution in [0.25, 0.3) is 0 Å². The van der Waals surface area contributed by atoms with Gasteiger partial charge < -0.3 is 50.3 Å². The second-order valence-corrected chi connectivity index (χ2v) is 21.8. The number of nitrogens with zero attached hydrogens (tertiary/aromatic N) is 5. The summed E-state index contributed by atoms with van der Waals surface area (Å²) < 4.78 is 11.4. The second kappa shape index (κ2) is 31.1. The number of methoxy groups -OCH3 is 1. The van der Waals surface area contributed by atoms with Crippen LogP contribution in [-0.2, 0) is 59.0 Å². The first kappa shape index (κ1) is 64.9. The number of hydrogen-bond donors (Lipinski definition) is 3. The average Bonchev–Trinajstić information content (AvgIpc) is 3.88. The fourth-order valence-electron chi connectivity index (χ4n) is 9.87. The van der Waals surface area contributed by atoms with Gasteiger partial charge in [0.15, 0.2) is 0 Å². The predicted molar refractivity (Wildman–Crippen MR) is 295 cm³/mol. The minimum Gasteiger partial charge on any atom is -0.461 e. The maximum atomic E-state index is 15.1. The number of carbonyl (C=O) groups is 9. The first-order chi connectivity index (χ1) is 36.2. The van der Waals surface area contributed by atoms with Gasteiger partial charge in [-0.1, -0.05) is 102 Å². The Kier molecular flexibility index (Phi) is 26.3. The maximum absolute atomic E-state index is 15.1. The molecule has 1 saturated heterocycles. The van der Waals surface area contributed by atoms with Crippen LogP contribution in [0.15, 0.2) is 66.3 Å². The van der Waals surface area contributed by atoms with E-state index >= 15 is 4.79 Å². The number of carbonyl (C=O) groups excluding carboxylic acids is 9. The highest BCUT2D eigenvalue weighted by Crippen LogP contribution is 2.26. The molecule has 0 aliphatic carbocycles. The number of allylic oxidation sites excluding steroid dienone is 4. The Hall–Kier alpha value is -6.37. The quantitative estimate of drug-likeness (QED) is 0.238. The summed E-state index contributed by atoms with van der Waals surface area (Å²) in [4.78, 5) is 133. The molecule has 3 rings (SSSR count). The molecule has 4 N–H and O–H groups in total. The maximum Gasteiger partial charge on any atom is 0.328 e. The molecule has 2 aliphatic rings. The third kappa shape index (κ3) is 18.7. The van der Waals surface area contributed by atoms with E-state index in [1.165, 1.54) is 54.7 Å². The number of amides is 8. The molecule has 9 unspecified atom stereocenters. The van der Waals surface area contributed by atoms with Gasteiger partial charge in [-0.3, -0.25) is 38.4 Å². The standard InChI is InChI=1S/C58H90N8O11/c1-36(2)48-55(72)63(11)46(34-42-28-20-18-21-29-42)54(71)64(12)49(37(3)4)56(73)65(13)50(38(5)6)57(74)66-33-25-32-45(66)52(69)60-44(35-47(59)67)53(70)62(10)41(9)58(75)77-40(8)27-19-16-15-17-22-30-43(76-14)31-24-23-26-39(7)51(68)61-48/h15,17-18,20-21,23-24,26,28-29,36-38,40-41,43-46,48-50H,16,19,22,25,27,30-35H2,1-14H3,(H2,59,67)(H,60,69)(H,61,68). The Labute approximate surface area is 457 Å².